The standard InChI is InChI=1S/C20H22N4O/c25-20-17-3-1-2-4-18(17)22-19(23-20)8-12-24-11-7-16(14-24)13-15-5-9-21-10-6-15/h1-6,9-10,16H,7-8,11-14H2,(H,22,23,25). The molecule has 25 heavy (non-hydrogen) atoms. The zero-order valence-electron chi connectivity index (χ0n) is 14.2. The van der Waals surface area contributed by atoms with Crippen molar-refractivity contribution in [3.8, 4) is 0 Å². The molecule has 1 unspecified atom stereocenters. The number of nitrogens with zero attached hydrogens (tertiary/aromatic N) is 3. The molecule has 3 aromatic rings. The Balaban J connectivity index is 1.35. The lowest BCUT2D eigenvalue weighted by Gasteiger charge is -2.15. The van der Waals surface area contributed by atoms with E-state index in [1.165, 1.54) is 12.0 Å². The third-order valence-electron chi connectivity index (χ3n) is 4.97. The van der Waals surface area contributed by atoms with Crippen LogP contribution in [-0.4, -0.2) is 39.5 Å². The molecule has 1 saturated heterocycles. The molecule has 0 radical (unpaired) electrons. The van der Waals surface area contributed by atoms with E-state index in [0.29, 0.717) is 11.3 Å². The summed E-state index contributed by atoms with van der Waals surface area (Å²) in [4.78, 5) is 26.2. The number of aromatic nitrogens is 3. The van der Waals surface area contributed by atoms with Gasteiger partial charge in [0.25, 0.3) is 5.56 Å². The quantitative estimate of drug-likeness (QED) is 0.778. The number of para-hydroxylation sites is 1. The predicted octanol–water partition coefficient (Wildman–Crippen LogP) is 2.43. The van der Waals surface area contributed by atoms with Crippen LogP contribution in [0.25, 0.3) is 10.9 Å². The Kier molecular flexibility index (Phi) is 4.57. The van der Waals surface area contributed by atoms with Crippen molar-refractivity contribution >= 4 is 10.9 Å². The summed E-state index contributed by atoms with van der Waals surface area (Å²) in [5, 5.41) is 0.657. The number of pyridine rings is 1. The molecule has 1 N–H and O–H groups in total. The SMILES string of the molecule is O=c1[nH]c(CCN2CCC(Cc3ccncc3)C2)nc2ccccc12. The van der Waals surface area contributed by atoms with Gasteiger partial charge in [0.05, 0.1) is 10.9 Å². The van der Waals surface area contributed by atoms with E-state index in [2.05, 4.69) is 32.0 Å². The number of benzene rings is 1. The fourth-order valence-corrected chi connectivity index (χ4v) is 3.65. The zero-order valence-corrected chi connectivity index (χ0v) is 14.2. The molecule has 1 aliphatic heterocycles. The van der Waals surface area contributed by atoms with Crippen LogP contribution in [0.2, 0.25) is 0 Å². The van der Waals surface area contributed by atoms with E-state index in [-0.39, 0.29) is 5.56 Å². The molecule has 1 atom stereocenters. The van der Waals surface area contributed by atoms with Crippen molar-refractivity contribution in [1.29, 1.82) is 0 Å². The van der Waals surface area contributed by atoms with Crippen molar-refractivity contribution in [1.82, 2.24) is 19.9 Å². The summed E-state index contributed by atoms with van der Waals surface area (Å²) >= 11 is 0. The highest BCUT2D eigenvalue weighted by molar-refractivity contribution is 5.77. The third kappa shape index (κ3) is 3.77. The Hall–Kier alpha value is -2.53. The van der Waals surface area contributed by atoms with E-state index in [4.69, 9.17) is 0 Å². The van der Waals surface area contributed by atoms with E-state index in [9.17, 15) is 4.79 Å². The maximum absolute atomic E-state index is 12.1. The monoisotopic (exact) mass is 334 g/mol. The molecule has 128 valence electrons. The van der Waals surface area contributed by atoms with Gasteiger partial charge in [-0.05, 0) is 55.1 Å². The molecular formula is C20H22N4O. The molecule has 0 amide bonds. The van der Waals surface area contributed by atoms with Gasteiger partial charge in [0.2, 0.25) is 0 Å². The van der Waals surface area contributed by atoms with Gasteiger partial charge >= 0.3 is 0 Å². The average Bonchev–Trinajstić information content (AvgIpc) is 3.08. The first-order valence-electron chi connectivity index (χ1n) is 8.87. The van der Waals surface area contributed by atoms with Crippen LogP contribution >= 0.6 is 0 Å². The van der Waals surface area contributed by atoms with Gasteiger partial charge in [-0.3, -0.25) is 9.78 Å². The van der Waals surface area contributed by atoms with Crippen molar-refractivity contribution in [3.05, 3.63) is 70.5 Å². The topological polar surface area (TPSA) is 61.9 Å². The molecule has 0 spiro atoms. The normalized spacial score (nSPS) is 18.0. The van der Waals surface area contributed by atoms with E-state index in [1.807, 2.05) is 36.7 Å². The largest absolute Gasteiger partial charge is 0.310 e. The smallest absolute Gasteiger partial charge is 0.258 e. The van der Waals surface area contributed by atoms with Gasteiger partial charge in [-0.25, -0.2) is 4.98 Å². The van der Waals surface area contributed by atoms with E-state index in [1.54, 1.807) is 0 Å². The molecule has 2 aromatic heterocycles. The van der Waals surface area contributed by atoms with E-state index in [0.717, 1.165) is 43.8 Å². The number of fused-ring (bicyclic) bond motifs is 1. The maximum atomic E-state index is 12.1. The molecule has 1 fully saturated rings. The van der Waals surface area contributed by atoms with Crippen molar-refractivity contribution < 1.29 is 0 Å². The minimum Gasteiger partial charge on any atom is -0.310 e. The van der Waals surface area contributed by atoms with Gasteiger partial charge in [0, 0.05) is 31.9 Å². The van der Waals surface area contributed by atoms with Gasteiger partial charge in [-0.2, -0.15) is 0 Å². The number of aromatic amines is 1. The second kappa shape index (κ2) is 7.15. The highest BCUT2D eigenvalue weighted by atomic mass is 16.1. The maximum Gasteiger partial charge on any atom is 0.258 e. The Labute approximate surface area is 146 Å². The van der Waals surface area contributed by atoms with E-state index < -0.39 is 0 Å². The number of hydrogen-bond donors (Lipinski definition) is 1. The van der Waals surface area contributed by atoms with Crippen LogP contribution in [0.3, 0.4) is 0 Å². The second-order valence-corrected chi connectivity index (χ2v) is 6.79. The second-order valence-electron chi connectivity index (χ2n) is 6.79. The fourth-order valence-electron chi connectivity index (χ4n) is 3.65. The van der Waals surface area contributed by atoms with Crippen LogP contribution in [0.5, 0.6) is 0 Å². The summed E-state index contributed by atoms with van der Waals surface area (Å²) in [5.41, 5.74) is 2.10. The summed E-state index contributed by atoms with van der Waals surface area (Å²) in [6.45, 7) is 3.17. The summed E-state index contributed by atoms with van der Waals surface area (Å²) in [7, 11) is 0. The first kappa shape index (κ1) is 16.0. The van der Waals surface area contributed by atoms with Crippen LogP contribution in [0, 0.1) is 5.92 Å². The van der Waals surface area contributed by atoms with Gasteiger partial charge in [0.1, 0.15) is 5.82 Å². The molecule has 5 nitrogen and oxygen atoms in total. The van der Waals surface area contributed by atoms with Crippen molar-refractivity contribution in [2.24, 2.45) is 5.92 Å². The Morgan fingerprint density at radius 1 is 1.16 bits per heavy atom. The van der Waals surface area contributed by atoms with Crippen LogP contribution in [0.1, 0.15) is 17.8 Å². The molecule has 1 aromatic carbocycles. The average molecular weight is 334 g/mol. The van der Waals surface area contributed by atoms with Gasteiger partial charge in [0.15, 0.2) is 0 Å². The number of hydrogen-bond acceptors (Lipinski definition) is 4. The van der Waals surface area contributed by atoms with Crippen LogP contribution < -0.4 is 5.56 Å². The molecule has 0 aliphatic carbocycles. The van der Waals surface area contributed by atoms with Crippen LogP contribution in [0.4, 0.5) is 0 Å². The third-order valence-corrected chi connectivity index (χ3v) is 4.97. The van der Waals surface area contributed by atoms with Gasteiger partial charge in [-0.15, -0.1) is 0 Å². The first-order chi connectivity index (χ1) is 12.3. The Morgan fingerprint density at radius 3 is 2.88 bits per heavy atom. The van der Waals surface area contributed by atoms with Crippen molar-refractivity contribution in [3.63, 3.8) is 0 Å². The molecule has 3 heterocycles. The molecule has 5 heteroatoms. The number of nitrogens with one attached hydrogen (secondary N) is 1. The van der Waals surface area contributed by atoms with Crippen LogP contribution in [0.15, 0.2) is 53.6 Å². The summed E-state index contributed by atoms with van der Waals surface area (Å²) in [5.74, 6) is 1.48. The summed E-state index contributed by atoms with van der Waals surface area (Å²) in [6.07, 6.45) is 6.85. The predicted molar refractivity (Wildman–Crippen MR) is 98.6 cm³/mol. The highest BCUT2D eigenvalue weighted by Crippen LogP contribution is 2.20. The van der Waals surface area contributed by atoms with Crippen molar-refractivity contribution in [2.45, 2.75) is 19.3 Å². The first-order valence-corrected chi connectivity index (χ1v) is 8.87. The number of H-pyrrole nitrogens is 1. The lowest BCUT2D eigenvalue weighted by molar-refractivity contribution is 0.325. The Bertz CT molecular complexity index is 906. The fraction of sp³-hybridized carbons (Fsp3) is 0.350. The molecular weight excluding hydrogens is 312 g/mol. The highest BCUT2D eigenvalue weighted by Gasteiger charge is 2.22. The van der Waals surface area contributed by atoms with Crippen molar-refractivity contribution in [2.75, 3.05) is 19.6 Å². The number of likely N-dealkylation sites (tertiary alicyclic amines) is 1. The minimum atomic E-state index is -0.0439. The molecule has 0 bridgehead atoms. The minimum absolute atomic E-state index is 0.0439. The summed E-state index contributed by atoms with van der Waals surface area (Å²) < 4.78 is 0. The molecule has 0 saturated carbocycles. The molecule has 1 aliphatic rings. The Morgan fingerprint density at radius 2 is 2.00 bits per heavy atom. The summed E-state index contributed by atoms with van der Waals surface area (Å²) in [6, 6.07) is 11.7. The lowest BCUT2D eigenvalue weighted by atomic mass is 10.00. The molecule has 4 rings (SSSR count). The lowest BCUT2D eigenvalue weighted by Crippen LogP contribution is -2.25. The van der Waals surface area contributed by atoms with Crippen LogP contribution in [-0.2, 0) is 12.8 Å². The van der Waals surface area contributed by atoms with Gasteiger partial charge < -0.3 is 9.88 Å². The van der Waals surface area contributed by atoms with Gasteiger partial charge in [-0.1, -0.05) is 12.1 Å². The van der Waals surface area contributed by atoms with E-state index >= 15 is 0 Å². The number of rotatable bonds is 5. The zero-order chi connectivity index (χ0) is 17.1.